The van der Waals surface area contributed by atoms with E-state index in [-0.39, 0.29) is 5.73 Å². The molecule has 0 aromatic heterocycles. The Morgan fingerprint density at radius 3 is 2.12 bits per heavy atom. The van der Waals surface area contributed by atoms with Crippen molar-refractivity contribution in [1.29, 1.82) is 0 Å². The highest BCUT2D eigenvalue weighted by atomic mass is 35.7. The van der Waals surface area contributed by atoms with Gasteiger partial charge in [0.15, 0.2) is 0 Å². The molecule has 0 bridgehead atoms. The van der Waals surface area contributed by atoms with Crippen molar-refractivity contribution in [3.8, 4) is 0 Å². The Labute approximate surface area is 60.9 Å². The average molecular weight is 172 g/mol. The fourth-order valence-electron chi connectivity index (χ4n) is 0.410. The second kappa shape index (κ2) is 4.62. The first-order valence-electron chi connectivity index (χ1n) is 2.43. The van der Waals surface area contributed by atoms with Crippen molar-refractivity contribution in [2.24, 2.45) is 0 Å². The molecule has 0 saturated carbocycles. The lowest BCUT2D eigenvalue weighted by Crippen LogP contribution is -2.21. The molecular weight excluding hydrogens is 163 g/mol. The van der Waals surface area contributed by atoms with Crippen LogP contribution in [0.1, 0.15) is 13.3 Å². The molecule has 1 unspecified atom stereocenters. The molecule has 0 aliphatic rings. The van der Waals surface area contributed by atoms with E-state index in [0.29, 0.717) is 0 Å². The molecule has 0 spiro atoms. The van der Waals surface area contributed by atoms with Gasteiger partial charge in [0.25, 0.3) is 0 Å². The Hall–Kier alpha value is 0.757. The first-order chi connectivity index (χ1) is 3.72. The molecule has 1 atom stereocenters. The molecule has 0 rings (SSSR count). The Morgan fingerprint density at radius 2 is 2.12 bits per heavy atom. The Balaban J connectivity index is 3.35. The van der Waals surface area contributed by atoms with E-state index in [2.05, 4.69) is 0 Å². The number of halogens is 2. The molecule has 0 N–H and O–H groups in total. The lowest BCUT2D eigenvalue weighted by Gasteiger charge is -2.09. The second-order valence-electron chi connectivity index (χ2n) is 1.42. The van der Waals surface area contributed by atoms with Gasteiger partial charge in [-0.15, -0.1) is 22.2 Å². The smallest absolute Gasteiger partial charge is 0.303 e. The summed E-state index contributed by atoms with van der Waals surface area (Å²) in [5, 5.41) is 0. The minimum Gasteiger partial charge on any atom is -0.382 e. The van der Waals surface area contributed by atoms with Crippen LogP contribution < -0.4 is 0 Å². The normalized spacial score (nSPS) is 14.6. The van der Waals surface area contributed by atoms with E-state index in [1.165, 1.54) is 0 Å². The quantitative estimate of drug-likeness (QED) is 0.466. The van der Waals surface area contributed by atoms with E-state index in [1.54, 1.807) is 7.11 Å². The van der Waals surface area contributed by atoms with Gasteiger partial charge >= 0.3 is 7.42 Å². The van der Waals surface area contributed by atoms with Crippen molar-refractivity contribution in [1.82, 2.24) is 0 Å². The summed E-state index contributed by atoms with van der Waals surface area (Å²) in [7, 11) is 0.376. The van der Waals surface area contributed by atoms with Crippen molar-refractivity contribution in [3.63, 3.8) is 0 Å². The Morgan fingerprint density at radius 1 is 1.62 bits per heavy atom. The van der Waals surface area contributed by atoms with Crippen LogP contribution in [0, 0.1) is 0 Å². The van der Waals surface area contributed by atoms with E-state index in [4.69, 9.17) is 26.9 Å². The van der Waals surface area contributed by atoms with Crippen LogP contribution in [0.4, 0.5) is 0 Å². The number of rotatable bonds is 3. The summed E-state index contributed by atoms with van der Waals surface area (Å²) in [5.74, 6) is 0. The van der Waals surface area contributed by atoms with Crippen molar-refractivity contribution in [2.45, 2.75) is 19.1 Å². The van der Waals surface area contributed by atoms with Crippen LogP contribution in [0.15, 0.2) is 0 Å². The largest absolute Gasteiger partial charge is 0.382 e. The topological polar surface area (TPSA) is 9.23 Å². The Kier molecular flexibility index (Phi) is 5.06. The van der Waals surface area contributed by atoms with Gasteiger partial charge in [0.2, 0.25) is 0 Å². The summed E-state index contributed by atoms with van der Waals surface area (Å²) in [4.78, 5) is 0. The molecule has 0 aromatic rings. The van der Waals surface area contributed by atoms with Crippen molar-refractivity contribution in [2.75, 3.05) is 7.11 Å². The molecule has 8 heavy (non-hydrogen) atoms. The zero-order valence-corrected chi connectivity index (χ0v) is 7.46. The fraction of sp³-hybridized carbons (Fsp3) is 1.00. The van der Waals surface area contributed by atoms with Crippen LogP contribution in [-0.2, 0) is 4.74 Å². The highest BCUT2D eigenvalue weighted by molar-refractivity contribution is 7.34. The highest BCUT2D eigenvalue weighted by Gasteiger charge is 2.16. The number of methoxy groups -OCH3 is 1. The molecule has 0 amide bonds. The third kappa shape index (κ3) is 2.92. The number of ether oxygens (including phenoxy) is 1. The monoisotopic (exact) mass is 171 g/mol. The van der Waals surface area contributed by atoms with Gasteiger partial charge in [0.05, 0.1) is 5.73 Å². The lowest BCUT2D eigenvalue weighted by molar-refractivity contribution is 0.161. The molecule has 0 aliphatic carbocycles. The van der Waals surface area contributed by atoms with Crippen LogP contribution in [0.5, 0.6) is 0 Å². The maximum atomic E-state index is 5.59. The van der Waals surface area contributed by atoms with Gasteiger partial charge in [-0.2, -0.15) is 0 Å². The summed E-state index contributed by atoms with van der Waals surface area (Å²) in [6.45, 7) is 2.00. The summed E-state index contributed by atoms with van der Waals surface area (Å²) in [5.41, 5.74) is 0.0864. The minimum atomic E-state index is -1.25. The molecule has 1 nitrogen and oxygen atoms in total. The van der Waals surface area contributed by atoms with Crippen LogP contribution in [0.3, 0.4) is 0 Å². The maximum Gasteiger partial charge on any atom is 0.303 e. The lowest BCUT2D eigenvalue weighted by atomic mass is 10.5. The van der Waals surface area contributed by atoms with Gasteiger partial charge < -0.3 is 4.74 Å². The first-order valence-corrected chi connectivity index (χ1v) is 6.03. The van der Waals surface area contributed by atoms with Gasteiger partial charge in [-0.05, 0) is 6.42 Å². The third-order valence-electron chi connectivity index (χ3n) is 0.899. The zero-order valence-electron chi connectivity index (χ0n) is 4.95. The number of hydrogen-bond donors (Lipinski definition) is 0. The van der Waals surface area contributed by atoms with Crippen LogP contribution >= 0.6 is 22.2 Å². The standard InChI is InChI=1S/C4H9Cl2OSi/c1-3-4(7-2)8(5)6/h4H,3H2,1-2H3. The minimum absolute atomic E-state index is 0.0864. The molecule has 0 heterocycles. The van der Waals surface area contributed by atoms with E-state index in [0.717, 1.165) is 6.42 Å². The summed E-state index contributed by atoms with van der Waals surface area (Å²) in [6.07, 6.45) is 0.901. The predicted octanol–water partition coefficient (Wildman–Crippen LogP) is 1.92. The van der Waals surface area contributed by atoms with Gasteiger partial charge in [-0.1, -0.05) is 6.92 Å². The molecule has 1 radical (unpaired) electrons. The molecule has 49 valence electrons. The van der Waals surface area contributed by atoms with Gasteiger partial charge in [-0.25, -0.2) is 0 Å². The van der Waals surface area contributed by atoms with Crippen molar-refractivity contribution >= 4 is 29.6 Å². The average Bonchev–Trinajstić information content (AvgIpc) is 1.69. The zero-order chi connectivity index (χ0) is 6.57. The first kappa shape index (κ1) is 8.76. The third-order valence-corrected chi connectivity index (χ3v) is 3.49. The van der Waals surface area contributed by atoms with Gasteiger partial charge in [0, 0.05) is 7.11 Å². The van der Waals surface area contributed by atoms with Crippen LogP contribution in [0.2, 0.25) is 0 Å². The molecule has 4 heteroatoms. The van der Waals surface area contributed by atoms with Gasteiger partial charge in [0.1, 0.15) is 0 Å². The predicted molar refractivity (Wildman–Crippen MR) is 38.5 cm³/mol. The Bertz CT molecular complexity index is 56.0. The fourth-order valence-corrected chi connectivity index (χ4v) is 2.36. The summed E-state index contributed by atoms with van der Waals surface area (Å²) < 4.78 is 4.94. The summed E-state index contributed by atoms with van der Waals surface area (Å²) >= 11 is 11.2. The van der Waals surface area contributed by atoms with Crippen LogP contribution in [-0.4, -0.2) is 20.3 Å². The molecule has 0 aromatic carbocycles. The molecule has 0 fully saturated rings. The number of hydrogen-bond acceptors (Lipinski definition) is 1. The van der Waals surface area contributed by atoms with E-state index < -0.39 is 7.42 Å². The molecule has 0 aliphatic heterocycles. The maximum absolute atomic E-state index is 5.59. The SMILES string of the molecule is CCC(OC)[Si](Cl)Cl. The van der Waals surface area contributed by atoms with Crippen molar-refractivity contribution < 1.29 is 4.74 Å². The van der Waals surface area contributed by atoms with Crippen LogP contribution in [0.25, 0.3) is 0 Å². The van der Waals surface area contributed by atoms with Gasteiger partial charge in [-0.3, -0.25) is 0 Å². The summed E-state index contributed by atoms with van der Waals surface area (Å²) in [6, 6.07) is 0. The van der Waals surface area contributed by atoms with E-state index >= 15 is 0 Å². The highest BCUT2D eigenvalue weighted by Crippen LogP contribution is 2.08. The van der Waals surface area contributed by atoms with Crippen molar-refractivity contribution in [3.05, 3.63) is 0 Å². The van der Waals surface area contributed by atoms with E-state index in [1.807, 2.05) is 6.92 Å². The second-order valence-corrected chi connectivity index (χ2v) is 5.67. The van der Waals surface area contributed by atoms with E-state index in [9.17, 15) is 0 Å². The molecular formula is C4H9Cl2OSi. The molecule has 0 saturated heterocycles.